The molecule has 0 aliphatic rings. The number of nitrogens with one attached hydrogen (secondary N) is 1. The summed E-state index contributed by atoms with van der Waals surface area (Å²) < 4.78 is 40.9. The third-order valence-corrected chi connectivity index (χ3v) is 5.22. The van der Waals surface area contributed by atoms with Crippen LogP contribution < -0.4 is 4.72 Å². The van der Waals surface area contributed by atoms with Crippen molar-refractivity contribution in [3.63, 3.8) is 0 Å². The zero-order valence-electron chi connectivity index (χ0n) is 11.0. The molecule has 0 fully saturated rings. The third kappa shape index (κ3) is 5.00. The van der Waals surface area contributed by atoms with Gasteiger partial charge in [0.1, 0.15) is 10.7 Å². The van der Waals surface area contributed by atoms with E-state index in [4.69, 9.17) is 5.11 Å². The van der Waals surface area contributed by atoms with Gasteiger partial charge in [-0.3, -0.25) is 0 Å². The molecular weight excluding hydrogens is 369 g/mol. The first-order valence-electron chi connectivity index (χ1n) is 5.99. The fourth-order valence-corrected chi connectivity index (χ4v) is 3.95. The van der Waals surface area contributed by atoms with Crippen LogP contribution in [-0.4, -0.2) is 32.1 Å². The second-order valence-corrected chi connectivity index (χ2v) is 7.77. The second kappa shape index (κ2) is 8.33. The molecule has 114 valence electrons. The molecule has 0 aliphatic heterocycles. The molecule has 0 saturated carbocycles. The summed E-state index contributed by atoms with van der Waals surface area (Å²) in [7, 11) is -3.91. The summed E-state index contributed by atoms with van der Waals surface area (Å²) in [6.07, 6.45) is 3.58. The van der Waals surface area contributed by atoms with Gasteiger partial charge in [0.05, 0.1) is 6.61 Å². The van der Waals surface area contributed by atoms with E-state index in [1.807, 2.05) is 6.26 Å². The maximum Gasteiger partial charge on any atom is 0.243 e. The van der Waals surface area contributed by atoms with Crippen molar-refractivity contribution >= 4 is 37.7 Å². The molecule has 0 amide bonds. The third-order valence-electron chi connectivity index (χ3n) is 2.61. The van der Waals surface area contributed by atoms with Crippen molar-refractivity contribution < 1.29 is 17.9 Å². The van der Waals surface area contributed by atoms with Gasteiger partial charge in [-0.25, -0.2) is 17.5 Å². The zero-order chi connectivity index (χ0) is 15.2. The Morgan fingerprint density at radius 2 is 2.10 bits per heavy atom. The molecule has 0 bridgehead atoms. The monoisotopic (exact) mass is 385 g/mol. The van der Waals surface area contributed by atoms with Crippen LogP contribution in [0.4, 0.5) is 4.39 Å². The molecule has 4 nitrogen and oxygen atoms in total. The zero-order valence-corrected chi connectivity index (χ0v) is 14.2. The fraction of sp³-hybridized carbons (Fsp3) is 0.500. The number of rotatable bonds is 8. The largest absolute Gasteiger partial charge is 0.392 e. The fourth-order valence-electron chi connectivity index (χ4n) is 1.58. The Kier molecular flexibility index (Phi) is 7.46. The number of hydrogen-bond donors (Lipinski definition) is 2. The summed E-state index contributed by atoms with van der Waals surface area (Å²) in [5.41, 5.74) is -0.0536. The Balaban J connectivity index is 2.84. The highest BCUT2D eigenvalue weighted by Gasteiger charge is 2.21. The summed E-state index contributed by atoms with van der Waals surface area (Å²) in [5.74, 6) is 0.0501. The average Bonchev–Trinajstić information content (AvgIpc) is 2.40. The van der Waals surface area contributed by atoms with E-state index in [0.29, 0.717) is 10.9 Å². The Labute approximate surface area is 131 Å². The van der Waals surface area contributed by atoms with E-state index in [9.17, 15) is 12.8 Å². The van der Waals surface area contributed by atoms with Crippen molar-refractivity contribution in [2.24, 2.45) is 0 Å². The lowest BCUT2D eigenvalue weighted by Crippen LogP contribution is -2.26. The first-order valence-corrected chi connectivity index (χ1v) is 9.66. The molecule has 0 spiro atoms. The summed E-state index contributed by atoms with van der Waals surface area (Å²) in [6, 6.07) is 2.55. The lowest BCUT2D eigenvalue weighted by atomic mass is 10.2. The molecule has 8 heteroatoms. The van der Waals surface area contributed by atoms with Crippen LogP contribution in [0, 0.1) is 5.82 Å². The minimum atomic E-state index is -3.91. The number of aliphatic hydroxyl groups is 1. The highest BCUT2D eigenvalue weighted by atomic mass is 79.9. The lowest BCUT2D eigenvalue weighted by molar-refractivity contribution is 0.274. The normalized spacial score (nSPS) is 11.8. The van der Waals surface area contributed by atoms with Crippen molar-refractivity contribution in [3.05, 3.63) is 28.0 Å². The summed E-state index contributed by atoms with van der Waals surface area (Å²) in [5, 5.41) is 9.03. The number of benzene rings is 1. The molecule has 20 heavy (non-hydrogen) atoms. The van der Waals surface area contributed by atoms with Crippen molar-refractivity contribution in [1.29, 1.82) is 0 Å². The number of aliphatic hydroxyl groups excluding tert-OH is 1. The van der Waals surface area contributed by atoms with Crippen LogP contribution in [0.25, 0.3) is 0 Å². The van der Waals surface area contributed by atoms with Crippen LogP contribution >= 0.6 is 27.7 Å². The van der Waals surface area contributed by atoms with Crippen molar-refractivity contribution in [1.82, 2.24) is 4.72 Å². The molecule has 0 aromatic heterocycles. The van der Waals surface area contributed by atoms with Gasteiger partial charge in [0.15, 0.2) is 0 Å². The van der Waals surface area contributed by atoms with Crippen LogP contribution in [0.1, 0.15) is 18.4 Å². The van der Waals surface area contributed by atoms with Crippen LogP contribution in [0.15, 0.2) is 21.5 Å². The van der Waals surface area contributed by atoms with Crippen LogP contribution in [0.2, 0.25) is 0 Å². The van der Waals surface area contributed by atoms with Gasteiger partial charge in [0.2, 0.25) is 10.0 Å². The van der Waals surface area contributed by atoms with E-state index in [-0.39, 0.29) is 12.1 Å². The predicted octanol–water partition coefficient (Wildman–Crippen LogP) is 2.50. The van der Waals surface area contributed by atoms with E-state index in [1.54, 1.807) is 11.8 Å². The van der Waals surface area contributed by atoms with Crippen LogP contribution in [-0.2, 0) is 16.6 Å². The molecule has 0 atom stereocenters. The van der Waals surface area contributed by atoms with E-state index in [2.05, 4.69) is 20.7 Å². The molecule has 0 saturated heterocycles. The average molecular weight is 386 g/mol. The molecule has 1 aromatic carbocycles. The minimum absolute atomic E-state index is 0.0536. The summed E-state index contributed by atoms with van der Waals surface area (Å²) in [4.78, 5) is -0.444. The molecule has 0 radical (unpaired) electrons. The molecule has 0 unspecified atom stereocenters. The highest BCUT2D eigenvalue weighted by Crippen LogP contribution is 2.24. The lowest BCUT2D eigenvalue weighted by Gasteiger charge is -2.10. The van der Waals surface area contributed by atoms with Crippen molar-refractivity contribution in [3.8, 4) is 0 Å². The van der Waals surface area contributed by atoms with Gasteiger partial charge >= 0.3 is 0 Å². The minimum Gasteiger partial charge on any atom is -0.392 e. The van der Waals surface area contributed by atoms with E-state index in [0.717, 1.165) is 12.2 Å². The molecule has 0 aliphatic carbocycles. The molecule has 2 N–H and O–H groups in total. The Hall–Kier alpha value is -0.150. The molecule has 1 aromatic rings. The summed E-state index contributed by atoms with van der Waals surface area (Å²) in [6.45, 7) is -0.287. The van der Waals surface area contributed by atoms with Gasteiger partial charge in [-0.15, -0.1) is 0 Å². The van der Waals surface area contributed by atoms with E-state index >= 15 is 0 Å². The Bertz CT molecular complexity index is 552. The van der Waals surface area contributed by atoms with Gasteiger partial charge in [-0.2, -0.15) is 11.8 Å². The van der Waals surface area contributed by atoms with Crippen LogP contribution in [0.5, 0.6) is 0 Å². The van der Waals surface area contributed by atoms with E-state index < -0.39 is 27.3 Å². The van der Waals surface area contributed by atoms with Crippen molar-refractivity contribution in [2.75, 3.05) is 18.6 Å². The number of unbranched alkanes of at least 4 members (excludes halogenated alkanes) is 1. The maximum atomic E-state index is 14.0. The number of thioether (sulfide) groups is 1. The van der Waals surface area contributed by atoms with E-state index in [1.165, 1.54) is 12.1 Å². The predicted molar refractivity (Wildman–Crippen MR) is 82.8 cm³/mol. The quantitative estimate of drug-likeness (QED) is 0.674. The van der Waals surface area contributed by atoms with Gasteiger partial charge in [0.25, 0.3) is 0 Å². The van der Waals surface area contributed by atoms with Gasteiger partial charge in [0, 0.05) is 16.6 Å². The Morgan fingerprint density at radius 3 is 2.70 bits per heavy atom. The number of halogens is 2. The molecular formula is C12H17BrFNO3S2. The maximum absolute atomic E-state index is 14.0. The number of sulfonamides is 1. The first kappa shape index (κ1) is 17.9. The standard InChI is InChI=1S/C12H17BrFNO3S2/c1-19-5-3-2-4-15-20(17,18)11-7-10(13)6-9(8-16)12(11)14/h6-7,15-16H,2-5,8H2,1H3. The van der Waals surface area contributed by atoms with Gasteiger partial charge in [-0.1, -0.05) is 15.9 Å². The molecule has 0 heterocycles. The topological polar surface area (TPSA) is 66.4 Å². The summed E-state index contributed by atoms with van der Waals surface area (Å²) >= 11 is 4.80. The number of hydrogen-bond acceptors (Lipinski definition) is 4. The molecule has 1 rings (SSSR count). The smallest absolute Gasteiger partial charge is 0.243 e. The first-order chi connectivity index (χ1) is 9.42. The Morgan fingerprint density at radius 1 is 1.40 bits per heavy atom. The van der Waals surface area contributed by atoms with Crippen molar-refractivity contribution in [2.45, 2.75) is 24.3 Å². The SMILES string of the molecule is CSCCCCNS(=O)(=O)c1cc(Br)cc(CO)c1F. The van der Waals surface area contributed by atoms with Gasteiger partial charge < -0.3 is 5.11 Å². The second-order valence-electron chi connectivity index (χ2n) is 4.13. The van der Waals surface area contributed by atoms with Crippen LogP contribution in [0.3, 0.4) is 0 Å². The van der Waals surface area contributed by atoms with Gasteiger partial charge in [-0.05, 0) is 37.0 Å². The highest BCUT2D eigenvalue weighted by molar-refractivity contribution is 9.10.